The standard InChI is InChI=1S/C13H14BrNOS/c1-9(2)7-16-11-5-3-10(4-6-11)12-8-17-13(14)15-12/h3-6,8-9H,7H2,1-2H3. The molecule has 0 aliphatic carbocycles. The zero-order valence-electron chi connectivity index (χ0n) is 9.81. The molecule has 1 heterocycles. The summed E-state index contributed by atoms with van der Waals surface area (Å²) >= 11 is 4.96. The first-order valence-corrected chi connectivity index (χ1v) is 7.16. The van der Waals surface area contributed by atoms with Gasteiger partial charge in [-0.1, -0.05) is 13.8 Å². The number of benzene rings is 1. The third-order valence-corrected chi connectivity index (χ3v) is 3.57. The average Bonchev–Trinajstić information content (AvgIpc) is 2.74. The van der Waals surface area contributed by atoms with E-state index in [-0.39, 0.29) is 0 Å². The molecule has 2 nitrogen and oxygen atoms in total. The van der Waals surface area contributed by atoms with Crippen molar-refractivity contribution >= 4 is 27.3 Å². The van der Waals surface area contributed by atoms with E-state index in [1.54, 1.807) is 11.3 Å². The molecule has 0 spiro atoms. The molecule has 0 saturated carbocycles. The van der Waals surface area contributed by atoms with E-state index in [1.807, 2.05) is 29.6 Å². The Labute approximate surface area is 114 Å². The molecule has 17 heavy (non-hydrogen) atoms. The highest BCUT2D eigenvalue weighted by molar-refractivity contribution is 9.11. The van der Waals surface area contributed by atoms with Crippen LogP contribution in [0.25, 0.3) is 11.3 Å². The predicted molar refractivity (Wildman–Crippen MR) is 75.6 cm³/mol. The van der Waals surface area contributed by atoms with Gasteiger partial charge in [-0.25, -0.2) is 4.98 Å². The molecule has 0 N–H and O–H groups in total. The maximum Gasteiger partial charge on any atom is 0.159 e. The Morgan fingerprint density at radius 2 is 2.00 bits per heavy atom. The Hall–Kier alpha value is -0.870. The van der Waals surface area contributed by atoms with Crippen LogP contribution in [0.3, 0.4) is 0 Å². The number of hydrogen-bond acceptors (Lipinski definition) is 3. The molecule has 1 aromatic heterocycles. The smallest absolute Gasteiger partial charge is 0.159 e. The fourth-order valence-electron chi connectivity index (χ4n) is 1.37. The van der Waals surface area contributed by atoms with E-state index < -0.39 is 0 Å². The van der Waals surface area contributed by atoms with Gasteiger partial charge in [0.05, 0.1) is 12.3 Å². The third-order valence-electron chi connectivity index (χ3n) is 2.21. The van der Waals surface area contributed by atoms with Gasteiger partial charge in [0.15, 0.2) is 3.92 Å². The topological polar surface area (TPSA) is 22.1 Å². The molecule has 0 unspecified atom stereocenters. The van der Waals surface area contributed by atoms with Crippen molar-refractivity contribution in [3.8, 4) is 17.0 Å². The van der Waals surface area contributed by atoms with Gasteiger partial charge in [0.2, 0.25) is 0 Å². The summed E-state index contributed by atoms with van der Waals surface area (Å²) in [6.07, 6.45) is 0. The molecule has 4 heteroatoms. The second kappa shape index (κ2) is 5.65. The molecule has 90 valence electrons. The Balaban J connectivity index is 2.07. The Morgan fingerprint density at radius 3 is 2.53 bits per heavy atom. The lowest BCUT2D eigenvalue weighted by Crippen LogP contribution is -2.04. The largest absolute Gasteiger partial charge is 0.493 e. The van der Waals surface area contributed by atoms with E-state index in [4.69, 9.17) is 4.74 Å². The van der Waals surface area contributed by atoms with Crippen LogP contribution in [0.4, 0.5) is 0 Å². The molecule has 0 aliphatic rings. The third kappa shape index (κ3) is 3.54. The minimum Gasteiger partial charge on any atom is -0.493 e. The molecule has 0 amide bonds. The highest BCUT2D eigenvalue weighted by Crippen LogP contribution is 2.26. The second-order valence-electron chi connectivity index (χ2n) is 4.21. The highest BCUT2D eigenvalue weighted by atomic mass is 79.9. The zero-order valence-corrected chi connectivity index (χ0v) is 12.2. The number of halogens is 1. The lowest BCUT2D eigenvalue weighted by atomic mass is 10.2. The van der Waals surface area contributed by atoms with Gasteiger partial charge in [0, 0.05) is 10.9 Å². The quantitative estimate of drug-likeness (QED) is 0.822. The van der Waals surface area contributed by atoms with Gasteiger partial charge in [0.25, 0.3) is 0 Å². The first-order chi connectivity index (χ1) is 8.15. The molecule has 2 rings (SSSR count). The van der Waals surface area contributed by atoms with Crippen LogP contribution in [0, 0.1) is 5.92 Å². The monoisotopic (exact) mass is 311 g/mol. The number of nitrogens with zero attached hydrogens (tertiary/aromatic N) is 1. The van der Waals surface area contributed by atoms with E-state index >= 15 is 0 Å². The van der Waals surface area contributed by atoms with Gasteiger partial charge < -0.3 is 4.74 Å². The van der Waals surface area contributed by atoms with Crippen LogP contribution >= 0.6 is 27.3 Å². The fourth-order valence-corrected chi connectivity index (χ4v) is 2.39. The Bertz CT molecular complexity index is 478. The summed E-state index contributed by atoms with van der Waals surface area (Å²) in [4.78, 5) is 4.38. The van der Waals surface area contributed by atoms with Crippen LogP contribution in [0.1, 0.15) is 13.8 Å². The molecular formula is C13H14BrNOS. The Kier molecular flexibility index (Phi) is 4.18. The SMILES string of the molecule is CC(C)COc1ccc(-c2csc(Br)n2)cc1. The molecule has 0 atom stereocenters. The van der Waals surface area contributed by atoms with Crippen LogP contribution < -0.4 is 4.74 Å². The molecule has 0 bridgehead atoms. The Morgan fingerprint density at radius 1 is 1.29 bits per heavy atom. The number of rotatable bonds is 4. The van der Waals surface area contributed by atoms with E-state index in [0.29, 0.717) is 5.92 Å². The summed E-state index contributed by atoms with van der Waals surface area (Å²) in [5.74, 6) is 1.46. The summed E-state index contributed by atoms with van der Waals surface area (Å²) in [7, 11) is 0. The van der Waals surface area contributed by atoms with Crippen molar-refractivity contribution in [1.82, 2.24) is 4.98 Å². The fraction of sp³-hybridized carbons (Fsp3) is 0.308. The van der Waals surface area contributed by atoms with Gasteiger partial charge in [-0.3, -0.25) is 0 Å². The summed E-state index contributed by atoms with van der Waals surface area (Å²) in [6, 6.07) is 8.06. The minimum atomic E-state index is 0.546. The van der Waals surface area contributed by atoms with E-state index in [9.17, 15) is 0 Å². The van der Waals surface area contributed by atoms with Crippen molar-refractivity contribution in [3.63, 3.8) is 0 Å². The molecule has 0 saturated heterocycles. The summed E-state index contributed by atoms with van der Waals surface area (Å²) in [6.45, 7) is 5.03. The highest BCUT2D eigenvalue weighted by Gasteiger charge is 2.03. The molecule has 1 aromatic carbocycles. The predicted octanol–water partition coefficient (Wildman–Crippen LogP) is 4.61. The van der Waals surface area contributed by atoms with E-state index in [0.717, 1.165) is 27.5 Å². The first-order valence-electron chi connectivity index (χ1n) is 5.49. The molecule has 2 aromatic rings. The summed E-state index contributed by atoms with van der Waals surface area (Å²) in [5, 5.41) is 2.04. The first kappa shape index (κ1) is 12.6. The number of thiazole rings is 1. The van der Waals surface area contributed by atoms with Crippen molar-refractivity contribution in [1.29, 1.82) is 0 Å². The van der Waals surface area contributed by atoms with Crippen LogP contribution in [-0.4, -0.2) is 11.6 Å². The van der Waals surface area contributed by atoms with Gasteiger partial charge in [-0.15, -0.1) is 11.3 Å². The zero-order chi connectivity index (χ0) is 12.3. The van der Waals surface area contributed by atoms with Crippen molar-refractivity contribution in [3.05, 3.63) is 33.6 Å². The van der Waals surface area contributed by atoms with Gasteiger partial charge in [-0.2, -0.15) is 0 Å². The number of ether oxygens (including phenoxy) is 1. The molecule has 0 fully saturated rings. The maximum absolute atomic E-state index is 5.64. The normalized spacial score (nSPS) is 10.8. The van der Waals surface area contributed by atoms with Crippen LogP contribution in [0.5, 0.6) is 5.75 Å². The minimum absolute atomic E-state index is 0.546. The average molecular weight is 312 g/mol. The lowest BCUT2D eigenvalue weighted by Gasteiger charge is -2.08. The van der Waals surface area contributed by atoms with E-state index in [1.165, 1.54) is 0 Å². The van der Waals surface area contributed by atoms with Crippen LogP contribution in [0.15, 0.2) is 33.6 Å². The second-order valence-corrected chi connectivity index (χ2v) is 6.35. The van der Waals surface area contributed by atoms with Crippen LogP contribution in [-0.2, 0) is 0 Å². The van der Waals surface area contributed by atoms with Crippen molar-refractivity contribution in [2.45, 2.75) is 13.8 Å². The van der Waals surface area contributed by atoms with Crippen molar-refractivity contribution in [2.75, 3.05) is 6.61 Å². The summed E-state index contributed by atoms with van der Waals surface area (Å²) in [5.41, 5.74) is 2.11. The van der Waals surface area contributed by atoms with Gasteiger partial charge >= 0.3 is 0 Å². The number of hydrogen-bond donors (Lipinski definition) is 0. The van der Waals surface area contributed by atoms with Crippen molar-refractivity contribution in [2.24, 2.45) is 5.92 Å². The lowest BCUT2D eigenvalue weighted by molar-refractivity contribution is 0.271. The van der Waals surface area contributed by atoms with E-state index in [2.05, 4.69) is 34.8 Å². The van der Waals surface area contributed by atoms with Crippen molar-refractivity contribution < 1.29 is 4.74 Å². The molecular weight excluding hydrogens is 298 g/mol. The molecule has 0 aliphatic heterocycles. The maximum atomic E-state index is 5.64. The molecule has 0 radical (unpaired) electrons. The number of aromatic nitrogens is 1. The van der Waals surface area contributed by atoms with Crippen LogP contribution in [0.2, 0.25) is 0 Å². The van der Waals surface area contributed by atoms with Gasteiger partial charge in [-0.05, 0) is 46.1 Å². The summed E-state index contributed by atoms with van der Waals surface area (Å²) < 4.78 is 6.55. The van der Waals surface area contributed by atoms with Gasteiger partial charge in [0.1, 0.15) is 5.75 Å².